The number of rotatable bonds is 4. The summed E-state index contributed by atoms with van der Waals surface area (Å²) in [4.78, 5) is 2.07. The van der Waals surface area contributed by atoms with E-state index in [1.807, 2.05) is 0 Å². The van der Waals surface area contributed by atoms with Crippen molar-refractivity contribution in [3.8, 4) is 0 Å². The molecule has 1 aromatic rings. The third-order valence-corrected chi connectivity index (χ3v) is 3.24. The van der Waals surface area contributed by atoms with Crippen LogP contribution in [-0.2, 0) is 0 Å². The van der Waals surface area contributed by atoms with E-state index in [4.69, 9.17) is 0 Å². The van der Waals surface area contributed by atoms with Gasteiger partial charge in [0.1, 0.15) is 11.6 Å². The summed E-state index contributed by atoms with van der Waals surface area (Å²) >= 11 is 0. The van der Waals surface area contributed by atoms with E-state index in [9.17, 15) is 13.2 Å². The molecule has 1 aliphatic rings. The average molecular weight is 295 g/mol. The van der Waals surface area contributed by atoms with E-state index < -0.39 is 18.3 Å². The maximum atomic E-state index is 13.2. The average Bonchev–Trinajstić information content (AvgIpc) is 2.36. The summed E-state index contributed by atoms with van der Waals surface area (Å²) in [5, 5.41) is 3.20. The summed E-state index contributed by atoms with van der Waals surface area (Å²) in [6, 6.07) is 3.19. The Morgan fingerprint density at radius 3 is 2.21 bits per heavy atom. The van der Waals surface area contributed by atoms with Crippen LogP contribution < -0.4 is 5.32 Å². The van der Waals surface area contributed by atoms with Gasteiger partial charge in [-0.2, -0.15) is 0 Å². The first-order chi connectivity index (χ1) is 8.70. The summed E-state index contributed by atoms with van der Waals surface area (Å²) in [5.41, 5.74) is 0.520. The molecule has 108 valence electrons. The van der Waals surface area contributed by atoms with E-state index >= 15 is 0 Å². The lowest BCUT2D eigenvalue weighted by atomic mass is 10.0. The monoisotopic (exact) mass is 294 g/mol. The molecule has 1 fully saturated rings. The molecule has 19 heavy (non-hydrogen) atoms. The molecule has 0 aromatic heterocycles. The van der Waals surface area contributed by atoms with Gasteiger partial charge in [0.15, 0.2) is 0 Å². The molecule has 0 amide bonds. The van der Waals surface area contributed by atoms with Gasteiger partial charge in [0.05, 0.1) is 6.67 Å². The summed E-state index contributed by atoms with van der Waals surface area (Å²) in [6.07, 6.45) is 0.267. The van der Waals surface area contributed by atoms with Crippen molar-refractivity contribution in [3.05, 3.63) is 35.4 Å². The highest BCUT2D eigenvalue weighted by Gasteiger charge is 2.22. The minimum absolute atomic E-state index is 0. The third-order valence-electron chi connectivity index (χ3n) is 3.24. The zero-order valence-electron chi connectivity index (χ0n) is 10.5. The molecule has 0 radical (unpaired) electrons. The topological polar surface area (TPSA) is 15.3 Å². The van der Waals surface area contributed by atoms with Crippen molar-refractivity contribution in [3.63, 3.8) is 0 Å². The first-order valence-corrected chi connectivity index (χ1v) is 6.17. The standard InChI is InChI=1S/C13H17F3N2.ClH/c14-2-1-13(18-5-3-17-4-6-18)10-7-11(15)9-12(16)8-10;/h7-9,13,17H,1-6H2;1H/t13-;/m0./s1. The van der Waals surface area contributed by atoms with Gasteiger partial charge in [0.2, 0.25) is 0 Å². The Morgan fingerprint density at radius 1 is 1.11 bits per heavy atom. The van der Waals surface area contributed by atoms with Crippen molar-refractivity contribution in [1.29, 1.82) is 0 Å². The van der Waals surface area contributed by atoms with E-state index in [2.05, 4.69) is 10.2 Å². The molecule has 0 spiro atoms. The van der Waals surface area contributed by atoms with Gasteiger partial charge in [-0.25, -0.2) is 8.78 Å². The van der Waals surface area contributed by atoms with Gasteiger partial charge in [-0.15, -0.1) is 12.4 Å². The largest absolute Gasteiger partial charge is 0.314 e. The quantitative estimate of drug-likeness (QED) is 0.918. The maximum Gasteiger partial charge on any atom is 0.126 e. The molecular formula is C13H18ClF3N2. The molecule has 1 saturated heterocycles. The highest BCUT2D eigenvalue weighted by atomic mass is 35.5. The van der Waals surface area contributed by atoms with Crippen LogP contribution in [0.2, 0.25) is 0 Å². The molecule has 0 unspecified atom stereocenters. The van der Waals surface area contributed by atoms with E-state index in [1.165, 1.54) is 12.1 Å². The second kappa shape index (κ2) is 7.72. The van der Waals surface area contributed by atoms with Crippen LogP contribution in [0.3, 0.4) is 0 Å². The van der Waals surface area contributed by atoms with Crippen LogP contribution in [0.4, 0.5) is 13.2 Å². The lowest BCUT2D eigenvalue weighted by Crippen LogP contribution is -2.45. The number of nitrogens with zero attached hydrogens (tertiary/aromatic N) is 1. The van der Waals surface area contributed by atoms with Gasteiger partial charge in [-0.05, 0) is 24.1 Å². The molecule has 2 nitrogen and oxygen atoms in total. The number of halogens is 4. The van der Waals surface area contributed by atoms with Crippen LogP contribution >= 0.6 is 12.4 Å². The Kier molecular flexibility index (Phi) is 6.62. The molecule has 1 N–H and O–H groups in total. The third kappa shape index (κ3) is 4.37. The molecule has 0 aliphatic carbocycles. The SMILES string of the molecule is Cl.FCC[C@@H](c1cc(F)cc(F)c1)N1CCNCC1. The normalized spacial score (nSPS) is 17.8. The second-order valence-electron chi connectivity index (χ2n) is 4.48. The Morgan fingerprint density at radius 2 is 1.68 bits per heavy atom. The van der Waals surface area contributed by atoms with Crippen molar-refractivity contribution >= 4 is 12.4 Å². The molecular weight excluding hydrogens is 277 g/mol. The van der Waals surface area contributed by atoms with Crippen LogP contribution in [0.15, 0.2) is 18.2 Å². The Balaban J connectivity index is 0.00000180. The lowest BCUT2D eigenvalue weighted by molar-refractivity contribution is 0.157. The van der Waals surface area contributed by atoms with Crippen LogP contribution in [0.1, 0.15) is 18.0 Å². The molecule has 1 aliphatic heterocycles. The van der Waals surface area contributed by atoms with Crippen LogP contribution in [0.5, 0.6) is 0 Å². The van der Waals surface area contributed by atoms with E-state index in [1.54, 1.807) is 0 Å². The first-order valence-electron chi connectivity index (χ1n) is 6.17. The fraction of sp³-hybridized carbons (Fsp3) is 0.538. The molecule has 0 bridgehead atoms. The van der Waals surface area contributed by atoms with Gasteiger partial charge in [-0.3, -0.25) is 9.29 Å². The van der Waals surface area contributed by atoms with Crippen LogP contribution in [-0.4, -0.2) is 37.8 Å². The van der Waals surface area contributed by atoms with Gasteiger partial charge < -0.3 is 5.32 Å². The fourth-order valence-corrected chi connectivity index (χ4v) is 2.42. The highest BCUT2D eigenvalue weighted by molar-refractivity contribution is 5.85. The second-order valence-corrected chi connectivity index (χ2v) is 4.48. The predicted molar refractivity (Wildman–Crippen MR) is 71.4 cm³/mol. The van der Waals surface area contributed by atoms with Crippen molar-refractivity contribution < 1.29 is 13.2 Å². The first kappa shape index (κ1) is 16.3. The van der Waals surface area contributed by atoms with Gasteiger partial charge >= 0.3 is 0 Å². The van der Waals surface area contributed by atoms with E-state index in [0.717, 1.165) is 32.2 Å². The van der Waals surface area contributed by atoms with Crippen molar-refractivity contribution in [2.75, 3.05) is 32.9 Å². The molecule has 6 heteroatoms. The van der Waals surface area contributed by atoms with Crippen molar-refractivity contribution in [1.82, 2.24) is 10.2 Å². The summed E-state index contributed by atoms with van der Waals surface area (Å²) in [7, 11) is 0. The summed E-state index contributed by atoms with van der Waals surface area (Å²) in [6.45, 7) is 2.68. The van der Waals surface area contributed by atoms with Gasteiger partial charge in [0.25, 0.3) is 0 Å². The minimum atomic E-state index is -0.607. The Bertz CT molecular complexity index is 377. The molecule has 1 heterocycles. The van der Waals surface area contributed by atoms with Crippen LogP contribution in [0, 0.1) is 11.6 Å². The zero-order valence-corrected chi connectivity index (χ0v) is 11.4. The predicted octanol–water partition coefficient (Wildman–Crippen LogP) is 2.69. The number of alkyl halides is 1. The van der Waals surface area contributed by atoms with E-state index in [0.29, 0.717) is 5.56 Å². The van der Waals surface area contributed by atoms with Gasteiger partial charge in [0, 0.05) is 38.3 Å². The summed E-state index contributed by atoms with van der Waals surface area (Å²) < 4.78 is 39.1. The highest BCUT2D eigenvalue weighted by Crippen LogP contribution is 2.26. The Labute approximate surface area is 117 Å². The van der Waals surface area contributed by atoms with Gasteiger partial charge in [-0.1, -0.05) is 0 Å². The number of hydrogen-bond donors (Lipinski definition) is 1. The lowest BCUT2D eigenvalue weighted by Gasteiger charge is -2.34. The number of benzene rings is 1. The summed E-state index contributed by atoms with van der Waals surface area (Å²) in [5.74, 6) is -1.21. The molecule has 0 saturated carbocycles. The zero-order chi connectivity index (χ0) is 13.0. The Hall–Kier alpha value is -0.780. The fourth-order valence-electron chi connectivity index (χ4n) is 2.42. The molecule has 2 rings (SSSR count). The number of hydrogen-bond acceptors (Lipinski definition) is 2. The molecule has 1 atom stereocenters. The van der Waals surface area contributed by atoms with Crippen molar-refractivity contribution in [2.24, 2.45) is 0 Å². The number of piperazine rings is 1. The smallest absolute Gasteiger partial charge is 0.126 e. The maximum absolute atomic E-state index is 13.2. The van der Waals surface area contributed by atoms with Crippen molar-refractivity contribution in [2.45, 2.75) is 12.5 Å². The minimum Gasteiger partial charge on any atom is -0.314 e. The molecule has 1 aromatic carbocycles. The number of nitrogens with one attached hydrogen (secondary N) is 1. The van der Waals surface area contributed by atoms with Crippen LogP contribution in [0.25, 0.3) is 0 Å². The van der Waals surface area contributed by atoms with E-state index in [-0.39, 0.29) is 24.9 Å².